The van der Waals surface area contributed by atoms with Crippen molar-refractivity contribution in [2.24, 2.45) is 0 Å². The predicted molar refractivity (Wildman–Crippen MR) is 75.0 cm³/mol. The van der Waals surface area contributed by atoms with E-state index >= 15 is 0 Å². The number of hydrogen-bond donors (Lipinski definition) is 0. The van der Waals surface area contributed by atoms with Crippen LogP contribution in [0.5, 0.6) is 5.75 Å². The number of carbonyl (C=O) groups is 1. The van der Waals surface area contributed by atoms with E-state index in [0.717, 1.165) is 5.56 Å². The molecular formula is C14H10ClNO2S. The lowest BCUT2D eigenvalue weighted by Crippen LogP contribution is -2.10. The fourth-order valence-corrected chi connectivity index (χ4v) is 2.47. The molecule has 0 atom stereocenters. The van der Waals surface area contributed by atoms with E-state index in [2.05, 4.69) is 0 Å². The molecule has 96 valence electrons. The number of rotatable bonds is 4. The Morgan fingerprint density at radius 3 is 2.84 bits per heavy atom. The molecule has 0 bridgehead atoms. The number of ether oxygens (including phenoxy) is 1. The Morgan fingerprint density at radius 2 is 2.21 bits per heavy atom. The second-order valence-corrected chi connectivity index (χ2v) is 5.62. The number of hydrogen-bond acceptors (Lipinski definition) is 4. The predicted octanol–water partition coefficient (Wildman–Crippen LogP) is 3.84. The van der Waals surface area contributed by atoms with Gasteiger partial charge in [-0.2, -0.15) is 5.26 Å². The molecule has 0 aliphatic carbocycles. The zero-order valence-corrected chi connectivity index (χ0v) is 11.7. The standard InChI is InChI=1S/C14H10ClNO2S/c1-9-2-3-10(7-16)6-12(9)18-8-11(17)13-4-5-14(15)19-13/h2-6H,8H2,1H3. The molecule has 0 saturated carbocycles. The number of benzene rings is 1. The molecule has 2 rings (SSSR count). The molecular weight excluding hydrogens is 282 g/mol. The van der Waals surface area contributed by atoms with Crippen molar-refractivity contribution in [1.82, 2.24) is 0 Å². The third-order valence-electron chi connectivity index (χ3n) is 2.52. The molecule has 0 amide bonds. The second-order valence-electron chi connectivity index (χ2n) is 3.91. The maximum absolute atomic E-state index is 11.9. The molecule has 1 aromatic heterocycles. The first-order chi connectivity index (χ1) is 9.10. The Hall–Kier alpha value is -1.83. The van der Waals surface area contributed by atoms with E-state index < -0.39 is 0 Å². The van der Waals surface area contributed by atoms with E-state index in [-0.39, 0.29) is 12.4 Å². The molecule has 0 spiro atoms. The molecule has 1 heterocycles. The third kappa shape index (κ3) is 3.34. The fourth-order valence-electron chi connectivity index (χ4n) is 1.50. The van der Waals surface area contributed by atoms with E-state index in [4.69, 9.17) is 21.6 Å². The lowest BCUT2D eigenvalue weighted by atomic mass is 10.1. The first-order valence-electron chi connectivity index (χ1n) is 5.52. The zero-order chi connectivity index (χ0) is 13.8. The summed E-state index contributed by atoms with van der Waals surface area (Å²) in [7, 11) is 0. The van der Waals surface area contributed by atoms with Crippen LogP contribution < -0.4 is 4.74 Å². The van der Waals surface area contributed by atoms with Crippen LogP contribution in [0.15, 0.2) is 30.3 Å². The molecule has 0 aliphatic heterocycles. The van der Waals surface area contributed by atoms with Gasteiger partial charge in [0.1, 0.15) is 5.75 Å². The Balaban J connectivity index is 2.07. The van der Waals surface area contributed by atoms with E-state index in [0.29, 0.717) is 20.5 Å². The number of halogens is 1. The number of Topliss-reactive ketones (excluding diaryl/α,β-unsaturated/α-hetero) is 1. The van der Waals surface area contributed by atoms with E-state index in [1.807, 2.05) is 13.0 Å². The number of carbonyl (C=O) groups excluding carboxylic acids is 1. The summed E-state index contributed by atoms with van der Waals surface area (Å²) in [6.45, 7) is 1.80. The Labute approximate surface area is 120 Å². The van der Waals surface area contributed by atoms with Crippen LogP contribution in [0.2, 0.25) is 4.34 Å². The van der Waals surface area contributed by atoms with Crippen LogP contribution in [-0.4, -0.2) is 12.4 Å². The van der Waals surface area contributed by atoms with Gasteiger partial charge in [-0.25, -0.2) is 0 Å². The molecule has 5 heteroatoms. The number of nitrogens with zero attached hydrogens (tertiary/aromatic N) is 1. The van der Waals surface area contributed by atoms with Gasteiger partial charge < -0.3 is 4.74 Å². The third-order valence-corrected chi connectivity index (χ3v) is 3.80. The highest BCUT2D eigenvalue weighted by atomic mass is 35.5. The normalized spacial score (nSPS) is 9.95. The van der Waals surface area contributed by atoms with E-state index in [1.54, 1.807) is 30.3 Å². The summed E-state index contributed by atoms with van der Waals surface area (Å²) in [6, 6.07) is 10.5. The fraction of sp³-hybridized carbons (Fsp3) is 0.143. The maximum atomic E-state index is 11.9. The molecule has 0 radical (unpaired) electrons. The van der Waals surface area contributed by atoms with Crippen molar-refractivity contribution >= 4 is 28.7 Å². The van der Waals surface area contributed by atoms with Crippen LogP contribution in [0, 0.1) is 18.3 Å². The van der Waals surface area contributed by atoms with Crippen molar-refractivity contribution < 1.29 is 9.53 Å². The van der Waals surface area contributed by atoms with Crippen molar-refractivity contribution in [1.29, 1.82) is 5.26 Å². The van der Waals surface area contributed by atoms with Gasteiger partial charge >= 0.3 is 0 Å². The molecule has 0 saturated heterocycles. The molecule has 1 aromatic carbocycles. The SMILES string of the molecule is Cc1ccc(C#N)cc1OCC(=O)c1ccc(Cl)s1. The van der Waals surface area contributed by atoms with Crippen molar-refractivity contribution in [3.05, 3.63) is 50.7 Å². The van der Waals surface area contributed by atoms with Crippen molar-refractivity contribution in [3.63, 3.8) is 0 Å². The summed E-state index contributed by atoms with van der Waals surface area (Å²) in [6.07, 6.45) is 0. The van der Waals surface area contributed by atoms with Gasteiger partial charge in [-0.05, 0) is 36.8 Å². The van der Waals surface area contributed by atoms with Gasteiger partial charge in [0.05, 0.1) is 20.8 Å². The highest BCUT2D eigenvalue weighted by Crippen LogP contribution is 2.23. The Kier molecular flexibility index (Phi) is 4.20. The molecule has 0 unspecified atom stereocenters. The van der Waals surface area contributed by atoms with Crippen LogP contribution in [0.1, 0.15) is 20.8 Å². The summed E-state index contributed by atoms with van der Waals surface area (Å²) in [5.74, 6) is 0.425. The smallest absolute Gasteiger partial charge is 0.210 e. The molecule has 19 heavy (non-hydrogen) atoms. The lowest BCUT2D eigenvalue weighted by molar-refractivity contribution is 0.0925. The van der Waals surface area contributed by atoms with Gasteiger partial charge in [-0.1, -0.05) is 17.7 Å². The topological polar surface area (TPSA) is 50.1 Å². The van der Waals surface area contributed by atoms with E-state index in [1.165, 1.54) is 11.3 Å². The van der Waals surface area contributed by atoms with Gasteiger partial charge in [0, 0.05) is 0 Å². The van der Waals surface area contributed by atoms with Crippen LogP contribution in [0.25, 0.3) is 0 Å². The largest absolute Gasteiger partial charge is 0.485 e. The van der Waals surface area contributed by atoms with E-state index in [9.17, 15) is 4.79 Å². The second kappa shape index (κ2) is 5.87. The van der Waals surface area contributed by atoms with Gasteiger partial charge in [-0.3, -0.25) is 4.79 Å². The zero-order valence-electron chi connectivity index (χ0n) is 10.1. The molecule has 3 nitrogen and oxygen atoms in total. The summed E-state index contributed by atoms with van der Waals surface area (Å²) in [5, 5.41) is 8.83. The quantitative estimate of drug-likeness (QED) is 0.804. The molecule has 0 aliphatic rings. The van der Waals surface area contributed by atoms with Gasteiger partial charge in [-0.15, -0.1) is 11.3 Å². The highest BCUT2D eigenvalue weighted by Gasteiger charge is 2.10. The summed E-state index contributed by atoms with van der Waals surface area (Å²) < 4.78 is 6.04. The minimum atomic E-state index is -0.126. The van der Waals surface area contributed by atoms with Gasteiger partial charge in [0.2, 0.25) is 5.78 Å². The van der Waals surface area contributed by atoms with Crippen molar-refractivity contribution in [2.45, 2.75) is 6.92 Å². The average Bonchev–Trinajstić information content (AvgIpc) is 2.84. The molecule has 0 N–H and O–H groups in total. The highest BCUT2D eigenvalue weighted by molar-refractivity contribution is 7.18. The average molecular weight is 292 g/mol. The van der Waals surface area contributed by atoms with Crippen LogP contribution >= 0.6 is 22.9 Å². The minimum Gasteiger partial charge on any atom is -0.485 e. The summed E-state index contributed by atoms with van der Waals surface area (Å²) in [5.41, 5.74) is 1.39. The molecule has 0 fully saturated rings. The Morgan fingerprint density at radius 1 is 1.42 bits per heavy atom. The number of ketones is 1. The van der Waals surface area contributed by atoms with Crippen molar-refractivity contribution in [2.75, 3.05) is 6.61 Å². The maximum Gasteiger partial charge on any atom is 0.210 e. The number of thiophene rings is 1. The van der Waals surface area contributed by atoms with Crippen LogP contribution in [-0.2, 0) is 0 Å². The van der Waals surface area contributed by atoms with Gasteiger partial charge in [0.25, 0.3) is 0 Å². The first-order valence-corrected chi connectivity index (χ1v) is 6.71. The van der Waals surface area contributed by atoms with Crippen LogP contribution in [0.4, 0.5) is 0 Å². The van der Waals surface area contributed by atoms with Crippen molar-refractivity contribution in [3.8, 4) is 11.8 Å². The molecule has 2 aromatic rings. The van der Waals surface area contributed by atoms with Crippen LogP contribution in [0.3, 0.4) is 0 Å². The lowest BCUT2D eigenvalue weighted by Gasteiger charge is -2.08. The summed E-state index contributed by atoms with van der Waals surface area (Å²) >= 11 is 7.00. The number of aryl methyl sites for hydroxylation is 1. The Bertz CT molecular complexity index is 658. The summed E-state index contributed by atoms with van der Waals surface area (Å²) in [4.78, 5) is 12.4. The monoisotopic (exact) mass is 291 g/mol. The number of nitriles is 1. The minimum absolute atomic E-state index is 0.0629. The van der Waals surface area contributed by atoms with Gasteiger partial charge in [0.15, 0.2) is 6.61 Å². The first kappa shape index (κ1) is 13.6.